The number of aryl methyl sites for hydroxylation is 2. The molecular formula is C56H34BN3O2S. The minimum absolute atomic E-state index is 0.0740. The number of aromatic nitrogens is 1. The van der Waals surface area contributed by atoms with Gasteiger partial charge in [-0.1, -0.05) is 121 Å². The molecule has 0 saturated carbocycles. The van der Waals surface area contributed by atoms with Crippen molar-refractivity contribution >= 4 is 135 Å². The first-order chi connectivity index (χ1) is 31.1. The van der Waals surface area contributed by atoms with Gasteiger partial charge in [-0.15, -0.1) is 0 Å². The molecule has 0 atom stereocenters. The summed E-state index contributed by atoms with van der Waals surface area (Å²) >= 11 is 1.87. The van der Waals surface area contributed by atoms with Gasteiger partial charge in [-0.2, -0.15) is 0 Å². The SMILES string of the molecule is Cc1ccccc1N1c2cc(-n3c4ccccc4c4ccccc43)cc3c2B2c4c1cc1oc5ccccc5c1c4Sc1cc4oc5ccccc5c4c(c12)N3c1ccccc1C. The van der Waals surface area contributed by atoms with Crippen molar-refractivity contribution in [1.29, 1.82) is 0 Å². The second kappa shape index (κ2) is 12.1. The van der Waals surface area contributed by atoms with Crippen molar-refractivity contribution in [3.05, 3.63) is 181 Å². The van der Waals surface area contributed by atoms with Gasteiger partial charge in [0.05, 0.1) is 27.8 Å². The number of rotatable bonds is 3. The Morgan fingerprint density at radius 1 is 0.429 bits per heavy atom. The van der Waals surface area contributed by atoms with Gasteiger partial charge in [-0.05, 0) is 96.0 Å². The normalized spacial score (nSPS) is 13.7. The van der Waals surface area contributed by atoms with Crippen LogP contribution in [0, 0.1) is 13.8 Å². The van der Waals surface area contributed by atoms with Crippen molar-refractivity contribution in [3.8, 4) is 5.69 Å². The van der Waals surface area contributed by atoms with Gasteiger partial charge in [-0.25, -0.2) is 0 Å². The van der Waals surface area contributed by atoms with E-state index in [9.17, 15) is 0 Å². The van der Waals surface area contributed by atoms with Crippen LogP contribution in [0.5, 0.6) is 0 Å². The summed E-state index contributed by atoms with van der Waals surface area (Å²) in [6.45, 7) is 4.40. The molecule has 0 bridgehead atoms. The van der Waals surface area contributed by atoms with E-state index in [0.29, 0.717) is 0 Å². The van der Waals surface area contributed by atoms with Crippen LogP contribution in [0.2, 0.25) is 0 Å². The molecule has 0 radical (unpaired) electrons. The van der Waals surface area contributed by atoms with Gasteiger partial charge in [0.25, 0.3) is 6.71 Å². The van der Waals surface area contributed by atoms with E-state index in [0.717, 1.165) is 66.9 Å². The number of furan rings is 2. The third-order valence-electron chi connectivity index (χ3n) is 14.0. The third-order valence-corrected chi connectivity index (χ3v) is 15.2. The van der Waals surface area contributed by atoms with Crippen LogP contribution < -0.4 is 26.2 Å². The molecule has 0 spiro atoms. The summed E-state index contributed by atoms with van der Waals surface area (Å²) in [5.74, 6) is 0. The topological polar surface area (TPSA) is 37.7 Å². The van der Waals surface area contributed by atoms with Gasteiger partial charge in [-0.3, -0.25) is 0 Å². The van der Waals surface area contributed by atoms with Crippen molar-refractivity contribution in [2.45, 2.75) is 23.6 Å². The van der Waals surface area contributed by atoms with Crippen molar-refractivity contribution in [2.24, 2.45) is 0 Å². The maximum absolute atomic E-state index is 6.88. The van der Waals surface area contributed by atoms with Gasteiger partial charge in [0.2, 0.25) is 0 Å². The van der Waals surface area contributed by atoms with E-state index >= 15 is 0 Å². The van der Waals surface area contributed by atoms with Crippen LogP contribution in [0.4, 0.5) is 34.1 Å². The van der Waals surface area contributed by atoms with E-state index in [1.54, 1.807) is 0 Å². The Balaban J connectivity index is 1.19. The third kappa shape index (κ3) is 4.30. The van der Waals surface area contributed by atoms with Crippen LogP contribution in [0.25, 0.3) is 71.4 Å². The lowest BCUT2D eigenvalue weighted by molar-refractivity contribution is 0.668. The lowest BCUT2D eigenvalue weighted by atomic mass is 9.33. The van der Waals surface area contributed by atoms with E-state index in [1.807, 2.05) is 11.8 Å². The first kappa shape index (κ1) is 34.0. The minimum Gasteiger partial charge on any atom is -0.456 e. The van der Waals surface area contributed by atoms with Crippen LogP contribution in [-0.2, 0) is 0 Å². The van der Waals surface area contributed by atoms with E-state index in [2.05, 4.69) is 198 Å². The minimum atomic E-state index is -0.0740. The molecule has 3 aromatic heterocycles. The zero-order valence-corrected chi connectivity index (χ0v) is 35.1. The second-order valence-electron chi connectivity index (χ2n) is 17.3. The fourth-order valence-corrected chi connectivity index (χ4v) is 12.8. The van der Waals surface area contributed by atoms with Crippen molar-refractivity contribution < 1.29 is 8.83 Å². The maximum atomic E-state index is 6.88. The average Bonchev–Trinajstić information content (AvgIpc) is 3.99. The Hall–Kier alpha value is -7.61. The molecule has 0 saturated heterocycles. The van der Waals surface area contributed by atoms with E-state index in [-0.39, 0.29) is 6.71 Å². The Morgan fingerprint density at radius 2 is 0.937 bits per heavy atom. The molecule has 63 heavy (non-hydrogen) atoms. The number of anilines is 6. The predicted molar refractivity (Wildman–Crippen MR) is 263 cm³/mol. The summed E-state index contributed by atoms with van der Waals surface area (Å²) in [6.07, 6.45) is 0. The van der Waals surface area contributed by atoms with Crippen LogP contribution in [0.3, 0.4) is 0 Å². The maximum Gasteiger partial charge on any atom is 0.255 e. The number of hydrogen-bond donors (Lipinski definition) is 0. The number of fused-ring (bicyclic) bond motifs is 11. The second-order valence-corrected chi connectivity index (χ2v) is 18.3. The fourth-order valence-electron chi connectivity index (χ4n) is 11.4. The fraction of sp³-hybridized carbons (Fsp3) is 0.0357. The van der Waals surface area contributed by atoms with Gasteiger partial charge in [0.1, 0.15) is 22.3 Å². The average molecular weight is 824 g/mol. The van der Waals surface area contributed by atoms with E-state index in [4.69, 9.17) is 8.83 Å². The molecule has 6 heterocycles. The number of nitrogens with zero attached hydrogens (tertiary/aromatic N) is 3. The highest BCUT2D eigenvalue weighted by Gasteiger charge is 2.50. The first-order valence-corrected chi connectivity index (χ1v) is 22.4. The monoisotopic (exact) mass is 823 g/mol. The highest BCUT2D eigenvalue weighted by Crippen LogP contribution is 2.55. The highest BCUT2D eigenvalue weighted by molar-refractivity contribution is 8.00. The molecule has 0 unspecified atom stereocenters. The molecule has 15 rings (SSSR count). The summed E-state index contributed by atoms with van der Waals surface area (Å²) in [7, 11) is 0. The van der Waals surface area contributed by atoms with Crippen LogP contribution in [0.1, 0.15) is 11.1 Å². The smallest absolute Gasteiger partial charge is 0.255 e. The van der Waals surface area contributed by atoms with Crippen LogP contribution >= 0.6 is 11.8 Å². The van der Waals surface area contributed by atoms with Gasteiger partial charge < -0.3 is 23.2 Å². The predicted octanol–water partition coefficient (Wildman–Crippen LogP) is 13.7. The Bertz CT molecular complexity index is 3970. The highest BCUT2D eigenvalue weighted by atomic mass is 32.2. The summed E-state index contributed by atoms with van der Waals surface area (Å²) in [4.78, 5) is 7.59. The molecule has 9 aromatic carbocycles. The summed E-state index contributed by atoms with van der Waals surface area (Å²) in [5, 5.41) is 7.04. The summed E-state index contributed by atoms with van der Waals surface area (Å²) in [5.41, 5.74) is 20.3. The standard InChI is InChI=1S/C56H34BN3O2S/c1-31-15-3-9-21-38(31)59-42-27-33(58-40-23-11-5-17-34(40)35-18-6-12-24-41(35)58)28-43-52(42)57-53-44(59)29-47-51(37-20-8-14-26-46(37)61-47)56(53)63-49-30-48-50(36-19-7-13-25-45(36)62-48)55(54(49)57)60(43)39-22-10-4-16-32(39)2/h3-30H,1-2H3. The zero-order valence-electron chi connectivity index (χ0n) is 34.3. The Labute approximate surface area is 366 Å². The Morgan fingerprint density at radius 3 is 1.59 bits per heavy atom. The summed E-state index contributed by atoms with van der Waals surface area (Å²) in [6, 6.07) is 62.0. The van der Waals surface area contributed by atoms with Crippen LogP contribution in [-0.4, -0.2) is 11.3 Å². The van der Waals surface area contributed by atoms with Crippen molar-refractivity contribution in [1.82, 2.24) is 4.57 Å². The molecule has 0 fully saturated rings. The zero-order chi connectivity index (χ0) is 41.2. The molecule has 3 aliphatic heterocycles. The molecule has 5 nitrogen and oxygen atoms in total. The molecule has 0 N–H and O–H groups in total. The van der Waals surface area contributed by atoms with Crippen LogP contribution in [0.15, 0.2) is 188 Å². The van der Waals surface area contributed by atoms with E-state index < -0.39 is 0 Å². The van der Waals surface area contributed by atoms with Gasteiger partial charge in [0.15, 0.2) is 0 Å². The van der Waals surface area contributed by atoms with Gasteiger partial charge >= 0.3 is 0 Å². The molecule has 7 heteroatoms. The number of benzene rings is 9. The molecule has 0 amide bonds. The molecule has 294 valence electrons. The first-order valence-electron chi connectivity index (χ1n) is 21.6. The molecule has 12 aromatic rings. The lowest BCUT2D eigenvalue weighted by Crippen LogP contribution is -2.63. The number of hydrogen-bond acceptors (Lipinski definition) is 5. The van der Waals surface area contributed by atoms with Crippen molar-refractivity contribution in [3.63, 3.8) is 0 Å². The van der Waals surface area contributed by atoms with Gasteiger partial charge in [0, 0.05) is 71.2 Å². The number of para-hydroxylation sites is 6. The molecule has 0 aliphatic carbocycles. The van der Waals surface area contributed by atoms with E-state index in [1.165, 1.54) is 75.9 Å². The molecular weight excluding hydrogens is 790 g/mol. The Kier molecular flexibility index (Phi) is 6.52. The molecule has 3 aliphatic rings. The quantitative estimate of drug-likeness (QED) is 0.166. The summed E-state index contributed by atoms with van der Waals surface area (Å²) < 4.78 is 16.2. The van der Waals surface area contributed by atoms with Crippen molar-refractivity contribution in [2.75, 3.05) is 9.80 Å². The largest absolute Gasteiger partial charge is 0.456 e. The lowest BCUT2D eigenvalue weighted by Gasteiger charge is -2.47.